The molecule has 0 aromatic heterocycles. The number of amides is 1. The molecule has 25 heavy (non-hydrogen) atoms. The Labute approximate surface area is 148 Å². The summed E-state index contributed by atoms with van der Waals surface area (Å²) in [4.78, 5) is 24.2. The van der Waals surface area contributed by atoms with Crippen molar-refractivity contribution < 1.29 is 19.1 Å². The van der Waals surface area contributed by atoms with E-state index >= 15 is 0 Å². The zero-order chi connectivity index (χ0) is 18.2. The number of para-hydroxylation sites is 2. The maximum Gasteiger partial charge on any atom is 0.347 e. The van der Waals surface area contributed by atoms with Gasteiger partial charge in [0.2, 0.25) is 0 Å². The first kappa shape index (κ1) is 18.5. The number of benzene rings is 2. The Bertz CT molecular complexity index is 707. The van der Waals surface area contributed by atoms with E-state index in [1.807, 2.05) is 57.2 Å². The van der Waals surface area contributed by atoms with E-state index in [1.165, 1.54) is 0 Å². The highest BCUT2D eigenvalue weighted by Gasteiger charge is 2.21. The van der Waals surface area contributed by atoms with E-state index in [4.69, 9.17) is 9.47 Å². The van der Waals surface area contributed by atoms with Gasteiger partial charge in [0.1, 0.15) is 5.75 Å². The molecule has 0 aliphatic rings. The second-order valence-corrected chi connectivity index (χ2v) is 5.75. The van der Waals surface area contributed by atoms with E-state index in [-0.39, 0.29) is 12.5 Å². The zero-order valence-corrected chi connectivity index (χ0v) is 14.7. The van der Waals surface area contributed by atoms with E-state index < -0.39 is 12.1 Å². The molecule has 1 atom stereocenters. The number of carbonyl (C=O) groups is 2. The van der Waals surface area contributed by atoms with Crippen molar-refractivity contribution in [3.05, 3.63) is 59.7 Å². The van der Waals surface area contributed by atoms with Crippen LogP contribution in [0.5, 0.6) is 5.75 Å². The average Bonchev–Trinajstić information content (AvgIpc) is 2.61. The van der Waals surface area contributed by atoms with Crippen LogP contribution in [0.1, 0.15) is 24.5 Å². The third-order valence-corrected chi connectivity index (χ3v) is 3.75. The molecule has 0 spiro atoms. The molecular weight excluding hydrogens is 318 g/mol. The monoisotopic (exact) mass is 341 g/mol. The van der Waals surface area contributed by atoms with Crippen molar-refractivity contribution in [3.8, 4) is 5.75 Å². The average molecular weight is 341 g/mol. The molecule has 5 heteroatoms. The summed E-state index contributed by atoms with van der Waals surface area (Å²) in [5.74, 6) is -0.338. The highest BCUT2D eigenvalue weighted by molar-refractivity contribution is 5.94. The first-order valence-electron chi connectivity index (χ1n) is 8.25. The number of rotatable bonds is 7. The quantitative estimate of drug-likeness (QED) is 0.781. The van der Waals surface area contributed by atoms with Crippen molar-refractivity contribution in [2.45, 2.75) is 33.3 Å². The highest BCUT2D eigenvalue weighted by atomic mass is 16.6. The van der Waals surface area contributed by atoms with Gasteiger partial charge >= 0.3 is 5.97 Å². The molecule has 2 aromatic carbocycles. The first-order valence-corrected chi connectivity index (χ1v) is 8.25. The molecule has 0 aliphatic heterocycles. The third-order valence-electron chi connectivity index (χ3n) is 3.75. The molecule has 0 saturated carbocycles. The molecule has 132 valence electrons. The fourth-order valence-corrected chi connectivity index (χ4v) is 2.38. The Morgan fingerprint density at radius 1 is 1.00 bits per heavy atom. The lowest BCUT2D eigenvalue weighted by Crippen LogP contribution is -2.31. The van der Waals surface area contributed by atoms with Gasteiger partial charge in [0, 0.05) is 5.69 Å². The normalized spacial score (nSPS) is 11.5. The minimum atomic E-state index is -0.740. The first-order chi connectivity index (χ1) is 12.0. The largest absolute Gasteiger partial charge is 0.479 e. The van der Waals surface area contributed by atoms with Crippen LogP contribution in [0.25, 0.3) is 0 Å². The van der Waals surface area contributed by atoms with Crippen LogP contribution >= 0.6 is 0 Å². The molecule has 0 unspecified atom stereocenters. The molecule has 0 radical (unpaired) electrons. The summed E-state index contributed by atoms with van der Waals surface area (Å²) in [6.07, 6.45) is -0.290. The molecule has 0 fully saturated rings. The molecule has 0 saturated heterocycles. The van der Waals surface area contributed by atoms with Gasteiger partial charge < -0.3 is 14.8 Å². The maximum atomic E-state index is 12.1. The summed E-state index contributed by atoms with van der Waals surface area (Å²) in [5, 5.41) is 2.78. The van der Waals surface area contributed by atoms with Gasteiger partial charge in [-0.3, -0.25) is 4.79 Å². The number of nitrogens with one attached hydrogen (secondary N) is 1. The van der Waals surface area contributed by atoms with Crippen molar-refractivity contribution >= 4 is 17.6 Å². The summed E-state index contributed by atoms with van der Waals surface area (Å²) < 4.78 is 10.7. The van der Waals surface area contributed by atoms with Crippen LogP contribution in [0.2, 0.25) is 0 Å². The lowest BCUT2D eigenvalue weighted by molar-refractivity contribution is -0.154. The fourth-order valence-electron chi connectivity index (χ4n) is 2.38. The number of carbonyl (C=O) groups excluding carboxylic acids is 2. The third kappa shape index (κ3) is 5.35. The van der Waals surface area contributed by atoms with Gasteiger partial charge in [0.15, 0.2) is 12.7 Å². The molecule has 1 amide bonds. The van der Waals surface area contributed by atoms with Crippen LogP contribution in [0.3, 0.4) is 0 Å². The maximum absolute atomic E-state index is 12.1. The summed E-state index contributed by atoms with van der Waals surface area (Å²) in [5.41, 5.74) is 2.66. The predicted molar refractivity (Wildman–Crippen MR) is 96.7 cm³/mol. The Kier molecular flexibility index (Phi) is 6.57. The van der Waals surface area contributed by atoms with Crippen LogP contribution in [-0.2, 0) is 14.3 Å². The van der Waals surface area contributed by atoms with Gasteiger partial charge in [-0.05, 0) is 43.5 Å². The minimum Gasteiger partial charge on any atom is -0.479 e. The standard InChI is InChI=1S/C20H23NO4/c1-4-17(25-16-11-6-5-7-12-16)20(23)24-13-18(22)21-19-14(2)9-8-10-15(19)3/h5-12,17H,4,13H2,1-3H3,(H,21,22)/t17-/m0/s1. The Balaban J connectivity index is 1.88. The number of anilines is 1. The Morgan fingerprint density at radius 3 is 2.24 bits per heavy atom. The van der Waals surface area contributed by atoms with Crippen molar-refractivity contribution in [1.29, 1.82) is 0 Å². The summed E-state index contributed by atoms with van der Waals surface area (Å²) in [6.45, 7) is 5.30. The van der Waals surface area contributed by atoms with Crippen molar-refractivity contribution in [1.82, 2.24) is 0 Å². The van der Waals surface area contributed by atoms with Crippen LogP contribution in [0.4, 0.5) is 5.69 Å². The van der Waals surface area contributed by atoms with Crippen LogP contribution in [-0.4, -0.2) is 24.6 Å². The van der Waals surface area contributed by atoms with Crippen LogP contribution in [0, 0.1) is 13.8 Å². The van der Waals surface area contributed by atoms with Gasteiger partial charge in [-0.15, -0.1) is 0 Å². The van der Waals surface area contributed by atoms with E-state index in [0.717, 1.165) is 16.8 Å². The van der Waals surface area contributed by atoms with Crippen molar-refractivity contribution in [2.24, 2.45) is 0 Å². The molecule has 0 heterocycles. The van der Waals surface area contributed by atoms with Gasteiger partial charge in [0.05, 0.1) is 0 Å². The van der Waals surface area contributed by atoms with Crippen LogP contribution < -0.4 is 10.1 Å². The summed E-state index contributed by atoms with van der Waals surface area (Å²) in [7, 11) is 0. The van der Waals surface area contributed by atoms with Gasteiger partial charge in [-0.1, -0.05) is 43.3 Å². The minimum absolute atomic E-state index is 0.346. The van der Waals surface area contributed by atoms with Gasteiger partial charge in [0.25, 0.3) is 5.91 Å². The second kappa shape index (κ2) is 8.87. The Hall–Kier alpha value is -2.82. The number of hydrogen-bond acceptors (Lipinski definition) is 4. The van der Waals surface area contributed by atoms with Crippen molar-refractivity contribution in [3.63, 3.8) is 0 Å². The number of ether oxygens (including phenoxy) is 2. The molecule has 0 aliphatic carbocycles. The zero-order valence-electron chi connectivity index (χ0n) is 14.7. The predicted octanol–water partition coefficient (Wildman–Crippen LogP) is 3.64. The lowest BCUT2D eigenvalue weighted by atomic mass is 10.1. The van der Waals surface area contributed by atoms with Crippen LogP contribution in [0.15, 0.2) is 48.5 Å². The smallest absolute Gasteiger partial charge is 0.347 e. The van der Waals surface area contributed by atoms with E-state index in [1.54, 1.807) is 12.1 Å². The number of aryl methyl sites for hydroxylation is 2. The Morgan fingerprint density at radius 2 is 1.64 bits per heavy atom. The molecule has 1 N–H and O–H groups in total. The topological polar surface area (TPSA) is 64.6 Å². The fraction of sp³-hybridized carbons (Fsp3) is 0.300. The van der Waals surface area contributed by atoms with Crippen molar-refractivity contribution in [2.75, 3.05) is 11.9 Å². The molecule has 2 rings (SSSR count). The lowest BCUT2D eigenvalue weighted by Gasteiger charge is -2.17. The van der Waals surface area contributed by atoms with Gasteiger partial charge in [-0.2, -0.15) is 0 Å². The van der Waals surface area contributed by atoms with E-state index in [2.05, 4.69) is 5.32 Å². The SMILES string of the molecule is CC[C@H](Oc1ccccc1)C(=O)OCC(=O)Nc1c(C)cccc1C. The van der Waals surface area contributed by atoms with Gasteiger partial charge in [-0.25, -0.2) is 4.79 Å². The highest BCUT2D eigenvalue weighted by Crippen LogP contribution is 2.19. The van der Waals surface area contributed by atoms with E-state index in [0.29, 0.717) is 12.2 Å². The van der Waals surface area contributed by atoms with E-state index in [9.17, 15) is 9.59 Å². The number of esters is 1. The summed E-state index contributed by atoms with van der Waals surface area (Å²) in [6, 6.07) is 14.8. The molecule has 5 nitrogen and oxygen atoms in total. The summed E-state index contributed by atoms with van der Waals surface area (Å²) >= 11 is 0. The number of hydrogen-bond donors (Lipinski definition) is 1. The second-order valence-electron chi connectivity index (χ2n) is 5.75. The molecule has 2 aromatic rings. The molecular formula is C20H23NO4. The molecule has 0 bridgehead atoms.